The van der Waals surface area contributed by atoms with Crippen LogP contribution in [0, 0.1) is 11.6 Å². The molecule has 1 rings (SSSR count). The first-order valence-electron chi connectivity index (χ1n) is 5.00. The Labute approximate surface area is 112 Å². The number of aliphatic imine (C=N–C) groups is 1. The maximum atomic E-state index is 13.5. The SMILES string of the molecule is COCCN=C(NN)Nc1c(F)cc(F)cc1Br. The molecule has 0 aliphatic rings. The lowest BCUT2D eigenvalue weighted by molar-refractivity contribution is 0.208. The van der Waals surface area contributed by atoms with E-state index in [-0.39, 0.29) is 16.1 Å². The summed E-state index contributed by atoms with van der Waals surface area (Å²) in [5.41, 5.74) is 2.33. The molecule has 0 saturated heterocycles. The van der Waals surface area contributed by atoms with Crippen molar-refractivity contribution in [2.45, 2.75) is 0 Å². The Morgan fingerprint density at radius 1 is 1.50 bits per heavy atom. The highest BCUT2D eigenvalue weighted by Crippen LogP contribution is 2.26. The Balaban J connectivity index is 2.85. The number of ether oxygens (including phenoxy) is 1. The van der Waals surface area contributed by atoms with Gasteiger partial charge in [-0.2, -0.15) is 0 Å². The van der Waals surface area contributed by atoms with E-state index in [0.29, 0.717) is 13.2 Å². The van der Waals surface area contributed by atoms with E-state index in [4.69, 9.17) is 10.6 Å². The maximum Gasteiger partial charge on any atom is 0.210 e. The van der Waals surface area contributed by atoms with Crippen molar-refractivity contribution in [3.05, 3.63) is 28.2 Å². The van der Waals surface area contributed by atoms with Gasteiger partial charge in [0, 0.05) is 17.6 Å². The molecule has 0 spiro atoms. The van der Waals surface area contributed by atoms with Crippen LogP contribution in [0.5, 0.6) is 0 Å². The molecule has 0 fully saturated rings. The van der Waals surface area contributed by atoms with Crippen LogP contribution in [0.15, 0.2) is 21.6 Å². The second-order valence-electron chi connectivity index (χ2n) is 3.24. The highest BCUT2D eigenvalue weighted by atomic mass is 79.9. The summed E-state index contributed by atoms with van der Waals surface area (Å²) in [4.78, 5) is 4.00. The third-order valence-corrected chi connectivity index (χ3v) is 2.58. The fourth-order valence-corrected chi connectivity index (χ4v) is 1.66. The van der Waals surface area contributed by atoms with Gasteiger partial charge in [-0.25, -0.2) is 19.6 Å². The number of hydrogen-bond acceptors (Lipinski definition) is 3. The van der Waals surface area contributed by atoms with Gasteiger partial charge in [0.2, 0.25) is 5.96 Å². The van der Waals surface area contributed by atoms with E-state index >= 15 is 0 Å². The molecule has 0 radical (unpaired) electrons. The number of anilines is 1. The number of nitrogens with one attached hydrogen (secondary N) is 2. The normalized spacial score (nSPS) is 11.5. The summed E-state index contributed by atoms with van der Waals surface area (Å²) >= 11 is 3.05. The molecule has 0 aliphatic carbocycles. The number of guanidine groups is 1. The highest BCUT2D eigenvalue weighted by Gasteiger charge is 2.11. The molecule has 18 heavy (non-hydrogen) atoms. The second-order valence-corrected chi connectivity index (χ2v) is 4.09. The number of methoxy groups -OCH3 is 1. The fourth-order valence-electron chi connectivity index (χ4n) is 1.15. The minimum Gasteiger partial charge on any atom is -0.383 e. The van der Waals surface area contributed by atoms with E-state index in [9.17, 15) is 8.78 Å². The molecular formula is C10H13BrF2N4O. The standard InChI is InChI=1S/C10H13BrF2N4O/c1-18-3-2-15-10(17-14)16-9-7(11)4-6(12)5-8(9)13/h4-5H,2-3,14H2,1H3,(H2,15,16,17). The van der Waals surface area contributed by atoms with Gasteiger partial charge in [0.1, 0.15) is 5.82 Å². The number of rotatable bonds is 4. The molecule has 0 aromatic heterocycles. The van der Waals surface area contributed by atoms with Crippen molar-refractivity contribution in [3.63, 3.8) is 0 Å². The van der Waals surface area contributed by atoms with Gasteiger partial charge >= 0.3 is 0 Å². The molecule has 0 aliphatic heterocycles. The minimum atomic E-state index is -0.753. The van der Waals surface area contributed by atoms with E-state index < -0.39 is 11.6 Å². The van der Waals surface area contributed by atoms with Crippen molar-refractivity contribution in [3.8, 4) is 0 Å². The molecule has 8 heteroatoms. The molecule has 0 saturated carbocycles. The summed E-state index contributed by atoms with van der Waals surface area (Å²) in [6.45, 7) is 0.753. The van der Waals surface area contributed by atoms with Gasteiger partial charge < -0.3 is 10.1 Å². The third-order valence-electron chi connectivity index (χ3n) is 1.95. The van der Waals surface area contributed by atoms with Crippen molar-refractivity contribution in [2.75, 3.05) is 25.6 Å². The zero-order valence-electron chi connectivity index (χ0n) is 9.64. The van der Waals surface area contributed by atoms with Gasteiger partial charge in [-0.05, 0) is 22.0 Å². The average Bonchev–Trinajstić information content (AvgIpc) is 2.31. The van der Waals surface area contributed by atoms with Crippen LogP contribution in [0.25, 0.3) is 0 Å². The number of nitrogens with two attached hydrogens (primary N) is 1. The Kier molecular flexibility index (Phi) is 5.96. The highest BCUT2D eigenvalue weighted by molar-refractivity contribution is 9.10. The summed E-state index contributed by atoms with van der Waals surface area (Å²) in [6, 6.07) is 1.89. The molecule has 1 aromatic rings. The lowest BCUT2D eigenvalue weighted by Gasteiger charge is -2.11. The molecule has 4 N–H and O–H groups in total. The zero-order chi connectivity index (χ0) is 13.5. The van der Waals surface area contributed by atoms with Crippen molar-refractivity contribution in [1.29, 1.82) is 0 Å². The number of hydrogen-bond donors (Lipinski definition) is 3. The van der Waals surface area contributed by atoms with Gasteiger partial charge in [0.25, 0.3) is 0 Å². The van der Waals surface area contributed by atoms with Crippen LogP contribution in [0.4, 0.5) is 14.5 Å². The zero-order valence-corrected chi connectivity index (χ0v) is 11.2. The largest absolute Gasteiger partial charge is 0.383 e. The van der Waals surface area contributed by atoms with Crippen LogP contribution in [0.3, 0.4) is 0 Å². The van der Waals surface area contributed by atoms with Crippen LogP contribution < -0.4 is 16.6 Å². The monoisotopic (exact) mass is 322 g/mol. The number of benzene rings is 1. The molecule has 0 atom stereocenters. The molecule has 0 bridgehead atoms. The minimum absolute atomic E-state index is 0.0468. The van der Waals surface area contributed by atoms with Gasteiger partial charge in [-0.15, -0.1) is 0 Å². The van der Waals surface area contributed by atoms with E-state index in [1.54, 1.807) is 0 Å². The summed E-state index contributed by atoms with van der Waals surface area (Å²) in [6.07, 6.45) is 0. The molecule has 0 heterocycles. The van der Waals surface area contributed by atoms with Crippen molar-refractivity contribution in [2.24, 2.45) is 10.8 Å². The predicted molar refractivity (Wildman–Crippen MR) is 69.2 cm³/mol. The predicted octanol–water partition coefficient (Wildman–Crippen LogP) is 1.60. The van der Waals surface area contributed by atoms with Crippen LogP contribution >= 0.6 is 15.9 Å². The summed E-state index contributed by atoms with van der Waals surface area (Å²) in [5, 5.41) is 2.62. The molecule has 0 amide bonds. The van der Waals surface area contributed by atoms with Crippen LogP contribution in [-0.4, -0.2) is 26.2 Å². The number of hydrazine groups is 1. The summed E-state index contributed by atoms with van der Waals surface area (Å²) < 4.78 is 31.5. The van der Waals surface area contributed by atoms with E-state index in [2.05, 4.69) is 31.7 Å². The molecule has 5 nitrogen and oxygen atoms in total. The first kappa shape index (κ1) is 14.8. The molecule has 100 valence electrons. The first-order chi connectivity index (χ1) is 8.58. The fraction of sp³-hybridized carbons (Fsp3) is 0.300. The summed E-state index contributed by atoms with van der Waals surface area (Å²) in [5.74, 6) is 3.96. The smallest absolute Gasteiger partial charge is 0.210 e. The average molecular weight is 323 g/mol. The number of halogens is 3. The van der Waals surface area contributed by atoms with Crippen molar-refractivity contribution < 1.29 is 13.5 Å². The Hall–Kier alpha value is -1.25. The Morgan fingerprint density at radius 2 is 2.22 bits per heavy atom. The maximum absolute atomic E-state index is 13.5. The molecule has 1 aromatic carbocycles. The second kappa shape index (κ2) is 7.24. The Bertz CT molecular complexity index is 419. The van der Waals surface area contributed by atoms with E-state index in [1.807, 2.05) is 0 Å². The van der Waals surface area contributed by atoms with Crippen LogP contribution in [0.1, 0.15) is 0 Å². The quantitative estimate of drug-likeness (QED) is 0.259. The lowest BCUT2D eigenvalue weighted by atomic mass is 10.3. The lowest BCUT2D eigenvalue weighted by Crippen LogP contribution is -2.37. The number of nitrogens with zero attached hydrogens (tertiary/aromatic N) is 1. The topological polar surface area (TPSA) is 71.7 Å². The van der Waals surface area contributed by atoms with Gasteiger partial charge in [0.05, 0.1) is 18.8 Å². The van der Waals surface area contributed by atoms with Gasteiger partial charge in [0.15, 0.2) is 5.82 Å². The van der Waals surface area contributed by atoms with Gasteiger partial charge in [-0.3, -0.25) is 5.43 Å². The van der Waals surface area contributed by atoms with Gasteiger partial charge in [-0.1, -0.05) is 0 Å². The third kappa shape index (κ3) is 4.21. The first-order valence-corrected chi connectivity index (χ1v) is 5.79. The molecule has 0 unspecified atom stereocenters. The van der Waals surface area contributed by atoms with Crippen molar-refractivity contribution in [1.82, 2.24) is 5.43 Å². The Morgan fingerprint density at radius 3 is 2.78 bits per heavy atom. The van der Waals surface area contributed by atoms with Crippen LogP contribution in [0.2, 0.25) is 0 Å². The van der Waals surface area contributed by atoms with E-state index in [1.165, 1.54) is 7.11 Å². The van der Waals surface area contributed by atoms with Crippen molar-refractivity contribution >= 4 is 27.6 Å². The van der Waals surface area contributed by atoms with Crippen LogP contribution in [-0.2, 0) is 4.74 Å². The van der Waals surface area contributed by atoms with E-state index in [0.717, 1.165) is 12.1 Å². The summed E-state index contributed by atoms with van der Waals surface area (Å²) in [7, 11) is 1.54. The molecular weight excluding hydrogens is 310 g/mol.